The molecule has 0 aliphatic rings. The van der Waals surface area contributed by atoms with Gasteiger partial charge in [0.25, 0.3) is 0 Å². The van der Waals surface area contributed by atoms with Gasteiger partial charge >= 0.3 is 0 Å². The minimum absolute atomic E-state index is 0.0506. The van der Waals surface area contributed by atoms with Gasteiger partial charge in [0.15, 0.2) is 0 Å². The molecular weight excluding hydrogens is 444 g/mol. The first-order valence-corrected chi connectivity index (χ1v) is 12.5. The van der Waals surface area contributed by atoms with Gasteiger partial charge in [0.1, 0.15) is 11.8 Å². The molecule has 0 aliphatic heterocycles. The lowest BCUT2D eigenvalue weighted by Crippen LogP contribution is -2.49. The van der Waals surface area contributed by atoms with E-state index in [-0.39, 0.29) is 11.8 Å². The lowest BCUT2D eigenvalue weighted by molar-refractivity contribution is -0.139. The first kappa shape index (κ1) is 26.1. The summed E-state index contributed by atoms with van der Waals surface area (Å²) in [6.45, 7) is 5.03. The van der Waals surface area contributed by atoms with Crippen molar-refractivity contribution in [3.8, 4) is 5.75 Å². The van der Waals surface area contributed by atoms with Gasteiger partial charge in [0.2, 0.25) is 11.8 Å². The number of carbonyl (C=O) groups is 2. The van der Waals surface area contributed by atoms with Crippen molar-refractivity contribution in [1.82, 2.24) is 10.2 Å². The summed E-state index contributed by atoms with van der Waals surface area (Å²) in [4.78, 5) is 27.8. The van der Waals surface area contributed by atoms with E-state index >= 15 is 0 Å². The third-order valence-electron chi connectivity index (χ3n) is 5.11. The Morgan fingerprint density at radius 3 is 2.50 bits per heavy atom. The number of nitrogens with zero attached hydrogens (tertiary/aromatic N) is 1. The predicted octanol–water partition coefficient (Wildman–Crippen LogP) is 5.31. The molecule has 1 unspecified atom stereocenters. The standard InChI is InChI=1S/C25H33ClN2O3S/c1-4-6-14-27-25(30)23(5-2)28(16-19-10-12-22(31-3)13-11-19)24(29)18-32-17-20-8-7-9-21(26)15-20/h7-13,15,23H,4-6,14,16-18H2,1-3H3,(H,27,30). The van der Waals surface area contributed by atoms with E-state index < -0.39 is 6.04 Å². The summed E-state index contributed by atoms with van der Waals surface area (Å²) in [6, 6.07) is 14.7. The fourth-order valence-electron chi connectivity index (χ4n) is 3.32. The summed E-state index contributed by atoms with van der Waals surface area (Å²) in [5.41, 5.74) is 2.03. The zero-order valence-corrected chi connectivity index (χ0v) is 20.7. The van der Waals surface area contributed by atoms with Crippen molar-refractivity contribution in [2.75, 3.05) is 19.4 Å². The van der Waals surface area contributed by atoms with Crippen LogP contribution < -0.4 is 10.1 Å². The molecule has 0 aliphatic carbocycles. The largest absolute Gasteiger partial charge is 0.497 e. The molecule has 2 aromatic rings. The number of unbranched alkanes of at least 4 members (excludes halogenated alkanes) is 1. The van der Waals surface area contributed by atoms with Crippen molar-refractivity contribution in [3.05, 3.63) is 64.7 Å². The van der Waals surface area contributed by atoms with E-state index in [1.165, 1.54) is 11.8 Å². The maximum absolute atomic E-state index is 13.2. The van der Waals surface area contributed by atoms with Crippen LogP contribution in [0.2, 0.25) is 5.02 Å². The number of amides is 2. The molecule has 0 bridgehead atoms. The van der Waals surface area contributed by atoms with Crippen LogP contribution in [0.15, 0.2) is 48.5 Å². The molecule has 2 aromatic carbocycles. The van der Waals surface area contributed by atoms with Crippen molar-refractivity contribution in [3.63, 3.8) is 0 Å². The predicted molar refractivity (Wildman–Crippen MR) is 133 cm³/mol. The molecule has 0 saturated heterocycles. The van der Waals surface area contributed by atoms with E-state index in [1.54, 1.807) is 12.0 Å². The Hall–Kier alpha value is -2.18. The first-order chi connectivity index (χ1) is 15.5. The van der Waals surface area contributed by atoms with Gasteiger partial charge in [0, 0.05) is 23.9 Å². The molecule has 1 atom stereocenters. The lowest BCUT2D eigenvalue weighted by Gasteiger charge is -2.30. The first-order valence-electron chi connectivity index (χ1n) is 11.0. The number of nitrogens with one attached hydrogen (secondary N) is 1. The minimum atomic E-state index is -0.506. The molecule has 2 rings (SSSR count). The fourth-order valence-corrected chi connectivity index (χ4v) is 4.39. The van der Waals surface area contributed by atoms with Crippen LogP contribution in [0, 0.1) is 0 Å². The topological polar surface area (TPSA) is 58.6 Å². The maximum atomic E-state index is 13.2. The third kappa shape index (κ3) is 8.40. The van der Waals surface area contributed by atoms with Gasteiger partial charge in [-0.25, -0.2) is 0 Å². The number of thioether (sulfide) groups is 1. The van der Waals surface area contributed by atoms with Crippen LogP contribution in [0.3, 0.4) is 0 Å². The van der Waals surface area contributed by atoms with Crippen molar-refractivity contribution in [2.24, 2.45) is 0 Å². The van der Waals surface area contributed by atoms with E-state index in [2.05, 4.69) is 12.2 Å². The number of rotatable bonds is 13. The second-order valence-electron chi connectivity index (χ2n) is 7.56. The highest BCUT2D eigenvalue weighted by molar-refractivity contribution is 7.99. The van der Waals surface area contributed by atoms with Crippen LogP contribution in [-0.2, 0) is 21.9 Å². The summed E-state index contributed by atoms with van der Waals surface area (Å²) in [6.07, 6.45) is 2.48. The molecule has 0 saturated carbocycles. The van der Waals surface area contributed by atoms with E-state index in [0.29, 0.717) is 36.0 Å². The Bertz CT molecular complexity index is 861. The highest BCUT2D eigenvalue weighted by Crippen LogP contribution is 2.20. The van der Waals surface area contributed by atoms with Crippen LogP contribution in [0.5, 0.6) is 5.75 Å². The number of methoxy groups -OCH3 is 1. The summed E-state index contributed by atoms with van der Waals surface area (Å²) in [7, 11) is 1.62. The number of benzene rings is 2. The van der Waals surface area contributed by atoms with Gasteiger partial charge in [0.05, 0.1) is 12.9 Å². The van der Waals surface area contributed by atoms with Crippen molar-refractivity contribution in [2.45, 2.75) is 51.4 Å². The van der Waals surface area contributed by atoms with E-state index in [1.807, 2.05) is 55.5 Å². The monoisotopic (exact) mass is 476 g/mol. The molecule has 32 heavy (non-hydrogen) atoms. The van der Waals surface area contributed by atoms with Crippen LogP contribution in [-0.4, -0.2) is 42.2 Å². The molecule has 0 aromatic heterocycles. The molecule has 0 spiro atoms. The maximum Gasteiger partial charge on any atom is 0.242 e. The molecule has 174 valence electrons. The molecule has 7 heteroatoms. The second kappa shape index (κ2) is 14.1. The van der Waals surface area contributed by atoms with E-state index in [0.717, 1.165) is 29.7 Å². The molecule has 5 nitrogen and oxygen atoms in total. The van der Waals surface area contributed by atoms with Crippen LogP contribution in [0.1, 0.15) is 44.2 Å². The van der Waals surface area contributed by atoms with Gasteiger partial charge in [-0.3, -0.25) is 9.59 Å². The average molecular weight is 477 g/mol. The lowest BCUT2D eigenvalue weighted by atomic mass is 10.1. The quantitative estimate of drug-likeness (QED) is 0.398. The molecule has 2 amide bonds. The number of hydrogen-bond acceptors (Lipinski definition) is 4. The normalized spacial score (nSPS) is 11.6. The third-order valence-corrected chi connectivity index (χ3v) is 6.33. The van der Waals surface area contributed by atoms with Crippen LogP contribution in [0.25, 0.3) is 0 Å². The Balaban J connectivity index is 2.10. The number of ether oxygens (including phenoxy) is 1. The summed E-state index contributed by atoms with van der Waals surface area (Å²) < 4.78 is 5.23. The number of halogens is 1. The van der Waals surface area contributed by atoms with Crippen molar-refractivity contribution >= 4 is 35.2 Å². The highest BCUT2D eigenvalue weighted by Gasteiger charge is 2.28. The molecule has 1 N–H and O–H groups in total. The summed E-state index contributed by atoms with van der Waals surface area (Å²) >= 11 is 7.59. The summed E-state index contributed by atoms with van der Waals surface area (Å²) in [5, 5.41) is 3.67. The Morgan fingerprint density at radius 1 is 1.12 bits per heavy atom. The SMILES string of the molecule is CCCCNC(=O)C(CC)N(Cc1ccc(OC)cc1)C(=O)CSCc1cccc(Cl)c1. The summed E-state index contributed by atoms with van der Waals surface area (Å²) in [5.74, 6) is 1.59. The molecule has 0 radical (unpaired) electrons. The van der Waals surface area contributed by atoms with Gasteiger partial charge in [-0.2, -0.15) is 0 Å². The smallest absolute Gasteiger partial charge is 0.242 e. The van der Waals surface area contributed by atoms with E-state index in [4.69, 9.17) is 16.3 Å². The zero-order valence-electron chi connectivity index (χ0n) is 19.1. The average Bonchev–Trinajstić information content (AvgIpc) is 2.79. The van der Waals surface area contributed by atoms with E-state index in [9.17, 15) is 9.59 Å². The van der Waals surface area contributed by atoms with Crippen LogP contribution >= 0.6 is 23.4 Å². The van der Waals surface area contributed by atoms with Gasteiger partial charge in [-0.15, -0.1) is 11.8 Å². The zero-order chi connectivity index (χ0) is 23.3. The van der Waals surface area contributed by atoms with Crippen molar-refractivity contribution in [1.29, 1.82) is 0 Å². The highest BCUT2D eigenvalue weighted by atomic mass is 35.5. The molecule has 0 heterocycles. The van der Waals surface area contributed by atoms with Gasteiger partial charge in [-0.05, 0) is 48.2 Å². The van der Waals surface area contributed by atoms with Gasteiger partial charge < -0.3 is 15.0 Å². The number of carbonyl (C=O) groups excluding carboxylic acids is 2. The molecule has 0 fully saturated rings. The van der Waals surface area contributed by atoms with Crippen LogP contribution in [0.4, 0.5) is 0 Å². The Kier molecular flexibility index (Phi) is 11.5. The van der Waals surface area contributed by atoms with Gasteiger partial charge in [-0.1, -0.05) is 56.1 Å². The number of hydrogen-bond donors (Lipinski definition) is 1. The Labute approximate surface area is 200 Å². The molecular formula is C25H33ClN2O3S. The minimum Gasteiger partial charge on any atom is -0.497 e. The fraction of sp³-hybridized carbons (Fsp3) is 0.440. The Morgan fingerprint density at radius 2 is 1.88 bits per heavy atom. The second-order valence-corrected chi connectivity index (χ2v) is 8.98. The van der Waals surface area contributed by atoms with Crippen molar-refractivity contribution < 1.29 is 14.3 Å².